The zero-order chi connectivity index (χ0) is 22.3. The van der Waals surface area contributed by atoms with E-state index in [1.54, 1.807) is 0 Å². The number of hydroxylamine groups is 1. The Hall–Kier alpha value is -2.95. The summed E-state index contributed by atoms with van der Waals surface area (Å²) in [7, 11) is -4.06. The number of amides is 1. The van der Waals surface area contributed by atoms with E-state index in [0.29, 0.717) is 18.1 Å². The predicted molar refractivity (Wildman–Crippen MR) is 114 cm³/mol. The lowest BCUT2D eigenvalue weighted by Crippen LogP contribution is -2.54. The number of hydrogen-bond acceptors (Lipinski definition) is 7. The smallest absolute Gasteiger partial charge is 0.265 e. The highest BCUT2D eigenvalue weighted by Crippen LogP contribution is 2.35. The van der Waals surface area contributed by atoms with Crippen molar-refractivity contribution in [2.24, 2.45) is 10.7 Å². The molecule has 9 nitrogen and oxygen atoms in total. The molecule has 1 aliphatic heterocycles. The third-order valence-corrected chi connectivity index (χ3v) is 7.69. The highest BCUT2D eigenvalue weighted by atomic mass is 32.2. The van der Waals surface area contributed by atoms with Crippen molar-refractivity contribution in [3.05, 3.63) is 60.2 Å². The number of nitrogens with one attached hydrogen (secondary N) is 1. The topological polar surface area (TPSA) is 140 Å². The van der Waals surface area contributed by atoms with Gasteiger partial charge in [0.15, 0.2) is 14.6 Å². The minimum absolute atomic E-state index is 0.0308. The third kappa shape index (κ3) is 4.87. The van der Waals surface area contributed by atoms with Crippen LogP contribution < -0.4 is 16.0 Å². The number of nitrogens with two attached hydrogens (primary N) is 1. The molecule has 3 rings (SSSR count). The van der Waals surface area contributed by atoms with E-state index in [4.69, 9.17) is 20.4 Å². The average molecular weight is 448 g/mol. The third-order valence-electron chi connectivity index (χ3n) is 5.18. The normalized spacial score (nSPS) is 16.5. The molecule has 2 aromatic carbocycles. The van der Waals surface area contributed by atoms with Gasteiger partial charge in [0.2, 0.25) is 0 Å². The molecule has 10 heteroatoms. The van der Waals surface area contributed by atoms with Crippen LogP contribution in [0, 0.1) is 0 Å². The van der Waals surface area contributed by atoms with Crippen LogP contribution in [0.25, 0.3) is 0 Å². The molecule has 0 spiro atoms. The monoisotopic (exact) mass is 447 g/mol. The summed E-state index contributed by atoms with van der Waals surface area (Å²) >= 11 is 0. The number of benzene rings is 2. The second-order valence-electron chi connectivity index (χ2n) is 7.00. The van der Waals surface area contributed by atoms with Gasteiger partial charge in [-0.1, -0.05) is 30.3 Å². The van der Waals surface area contributed by atoms with Gasteiger partial charge in [0, 0.05) is 18.8 Å². The van der Waals surface area contributed by atoms with Crippen LogP contribution in [0.4, 0.5) is 0 Å². The number of rotatable bonds is 8. The standard InChI is InChI=1S/C21H25N3O6S/c22-19(16-4-2-1-3-5-16)23-12-15-30-17-6-8-18(9-7-17)31(27,28)21(20(25)24-26)10-13-29-14-11-21/h1-9,26H,10-15H2,(H2,22,23)(H,24,25). The first-order valence-electron chi connectivity index (χ1n) is 9.76. The maximum absolute atomic E-state index is 13.2. The summed E-state index contributed by atoms with van der Waals surface area (Å²) in [6.07, 6.45) is -0.0817. The Kier molecular flexibility index (Phi) is 7.26. The zero-order valence-corrected chi connectivity index (χ0v) is 17.7. The van der Waals surface area contributed by atoms with E-state index in [2.05, 4.69) is 4.99 Å². The van der Waals surface area contributed by atoms with Crippen LogP contribution >= 0.6 is 0 Å². The molecule has 31 heavy (non-hydrogen) atoms. The molecular weight excluding hydrogens is 422 g/mol. The summed E-state index contributed by atoms with van der Waals surface area (Å²) in [5, 5.41) is 9.09. The Balaban J connectivity index is 1.66. The van der Waals surface area contributed by atoms with Gasteiger partial charge in [-0.05, 0) is 37.1 Å². The molecule has 0 aromatic heterocycles. The Morgan fingerprint density at radius 3 is 2.39 bits per heavy atom. The van der Waals surface area contributed by atoms with Gasteiger partial charge in [0.05, 0.1) is 11.4 Å². The van der Waals surface area contributed by atoms with E-state index < -0.39 is 20.5 Å². The van der Waals surface area contributed by atoms with Crippen LogP contribution in [-0.2, 0) is 19.4 Å². The summed E-state index contributed by atoms with van der Waals surface area (Å²) in [6, 6.07) is 15.2. The zero-order valence-electron chi connectivity index (χ0n) is 16.9. The Morgan fingerprint density at radius 2 is 1.77 bits per heavy atom. The molecule has 0 saturated carbocycles. The summed E-state index contributed by atoms with van der Waals surface area (Å²) in [5.74, 6) is -0.0837. The molecule has 1 fully saturated rings. The Labute approximate surface area is 180 Å². The molecule has 0 aliphatic carbocycles. The SMILES string of the molecule is NC(=NCCOc1ccc(S(=O)(=O)C2(C(=O)NO)CCOCC2)cc1)c1ccccc1. The van der Waals surface area contributed by atoms with E-state index in [9.17, 15) is 13.2 Å². The van der Waals surface area contributed by atoms with Crippen molar-refractivity contribution >= 4 is 21.6 Å². The van der Waals surface area contributed by atoms with Crippen molar-refractivity contribution in [3.63, 3.8) is 0 Å². The number of hydrogen-bond donors (Lipinski definition) is 3. The van der Waals surface area contributed by atoms with E-state index in [0.717, 1.165) is 5.56 Å². The van der Waals surface area contributed by atoms with Crippen molar-refractivity contribution in [1.29, 1.82) is 0 Å². The van der Waals surface area contributed by atoms with E-state index in [1.807, 2.05) is 30.3 Å². The van der Waals surface area contributed by atoms with Crippen molar-refractivity contribution in [2.75, 3.05) is 26.4 Å². The van der Waals surface area contributed by atoms with Crippen molar-refractivity contribution in [3.8, 4) is 5.75 Å². The summed E-state index contributed by atoms with van der Waals surface area (Å²) in [4.78, 5) is 16.5. The maximum Gasteiger partial charge on any atom is 0.265 e. The fourth-order valence-corrected chi connectivity index (χ4v) is 5.33. The van der Waals surface area contributed by atoms with Crippen LogP contribution in [-0.4, -0.2) is 56.5 Å². The lowest BCUT2D eigenvalue weighted by molar-refractivity contribution is -0.134. The van der Waals surface area contributed by atoms with Crippen LogP contribution in [0.15, 0.2) is 64.5 Å². The number of aliphatic imine (C=N–C) groups is 1. The van der Waals surface area contributed by atoms with Crippen LogP contribution in [0.2, 0.25) is 0 Å². The van der Waals surface area contributed by atoms with Gasteiger partial charge in [0.1, 0.15) is 18.2 Å². The van der Waals surface area contributed by atoms with Gasteiger partial charge in [0.25, 0.3) is 5.91 Å². The molecule has 1 heterocycles. The quantitative estimate of drug-likeness (QED) is 0.182. The number of sulfone groups is 1. The number of carbonyl (C=O) groups is 1. The first-order valence-corrected chi connectivity index (χ1v) is 11.2. The highest BCUT2D eigenvalue weighted by Gasteiger charge is 2.52. The fourth-order valence-electron chi connectivity index (χ4n) is 3.39. The number of ether oxygens (including phenoxy) is 2. The van der Waals surface area contributed by atoms with Crippen molar-refractivity contribution < 1.29 is 27.9 Å². The van der Waals surface area contributed by atoms with Gasteiger partial charge >= 0.3 is 0 Å². The molecule has 0 radical (unpaired) electrons. The molecule has 4 N–H and O–H groups in total. The largest absolute Gasteiger partial charge is 0.492 e. The Bertz CT molecular complexity index is 1020. The van der Waals surface area contributed by atoms with Crippen LogP contribution in [0.3, 0.4) is 0 Å². The molecule has 1 aliphatic rings. The lowest BCUT2D eigenvalue weighted by Gasteiger charge is -2.34. The molecule has 166 valence electrons. The Morgan fingerprint density at radius 1 is 1.13 bits per heavy atom. The van der Waals surface area contributed by atoms with E-state index >= 15 is 0 Å². The molecule has 0 bridgehead atoms. The summed E-state index contributed by atoms with van der Waals surface area (Å²) in [5.41, 5.74) is 8.25. The summed E-state index contributed by atoms with van der Waals surface area (Å²) in [6.45, 7) is 0.815. The van der Waals surface area contributed by atoms with Gasteiger partial charge in [-0.15, -0.1) is 0 Å². The molecular formula is C21H25N3O6S. The van der Waals surface area contributed by atoms with E-state index in [-0.39, 0.29) is 37.6 Å². The van der Waals surface area contributed by atoms with Crippen molar-refractivity contribution in [2.45, 2.75) is 22.5 Å². The number of nitrogens with zero attached hydrogens (tertiary/aromatic N) is 1. The van der Waals surface area contributed by atoms with Gasteiger partial charge in [-0.25, -0.2) is 13.9 Å². The fraction of sp³-hybridized carbons (Fsp3) is 0.333. The van der Waals surface area contributed by atoms with Crippen LogP contribution in [0.1, 0.15) is 18.4 Å². The van der Waals surface area contributed by atoms with Gasteiger partial charge in [-0.2, -0.15) is 0 Å². The molecule has 2 aromatic rings. The number of carbonyl (C=O) groups excluding carboxylic acids is 1. The highest BCUT2D eigenvalue weighted by molar-refractivity contribution is 7.93. The summed E-state index contributed by atoms with van der Waals surface area (Å²) < 4.78 is 35.4. The second kappa shape index (κ2) is 9.90. The van der Waals surface area contributed by atoms with Gasteiger partial charge < -0.3 is 15.2 Å². The average Bonchev–Trinajstić information content (AvgIpc) is 2.82. The van der Waals surface area contributed by atoms with E-state index in [1.165, 1.54) is 29.7 Å². The molecule has 1 amide bonds. The second-order valence-corrected chi connectivity index (χ2v) is 9.26. The lowest BCUT2D eigenvalue weighted by atomic mass is 9.98. The first kappa shape index (κ1) is 22.7. The minimum atomic E-state index is -4.06. The van der Waals surface area contributed by atoms with Crippen LogP contribution in [0.5, 0.6) is 5.75 Å². The first-order chi connectivity index (χ1) is 14.9. The number of amidine groups is 1. The molecule has 0 unspecified atom stereocenters. The molecule has 1 saturated heterocycles. The predicted octanol–water partition coefficient (Wildman–Crippen LogP) is 1.30. The van der Waals surface area contributed by atoms with Crippen molar-refractivity contribution in [1.82, 2.24) is 5.48 Å². The van der Waals surface area contributed by atoms with Gasteiger partial charge in [-0.3, -0.25) is 15.0 Å². The molecule has 0 atom stereocenters. The minimum Gasteiger partial charge on any atom is -0.492 e. The maximum atomic E-state index is 13.2.